The molecule has 0 spiro atoms. The molecule has 1 aromatic rings. The van der Waals surface area contributed by atoms with Crippen molar-refractivity contribution in [1.82, 2.24) is 4.31 Å². The van der Waals surface area contributed by atoms with Crippen molar-refractivity contribution in [2.75, 3.05) is 13.6 Å². The van der Waals surface area contributed by atoms with Crippen LogP contribution in [0.2, 0.25) is 0 Å². The van der Waals surface area contributed by atoms with Crippen molar-refractivity contribution in [2.45, 2.75) is 11.8 Å². The fourth-order valence-corrected chi connectivity index (χ4v) is 3.34. The van der Waals surface area contributed by atoms with Gasteiger partial charge in [0.1, 0.15) is 5.84 Å². The summed E-state index contributed by atoms with van der Waals surface area (Å²) in [5, 5.41) is 11.4. The lowest BCUT2D eigenvalue weighted by Gasteiger charge is -2.20. The molecule has 0 fully saturated rings. The van der Waals surface area contributed by atoms with Crippen LogP contribution in [0.5, 0.6) is 0 Å². The van der Waals surface area contributed by atoms with Crippen LogP contribution in [-0.2, 0) is 10.0 Å². The molecule has 0 saturated carbocycles. The van der Waals surface area contributed by atoms with E-state index >= 15 is 0 Å². The van der Waals surface area contributed by atoms with Crippen molar-refractivity contribution < 1.29 is 13.6 Å². The molecule has 0 amide bonds. The molecule has 0 bridgehead atoms. The monoisotopic (exact) mass is 349 g/mol. The van der Waals surface area contributed by atoms with Gasteiger partial charge in [0.25, 0.3) is 0 Å². The molecule has 0 heterocycles. The van der Waals surface area contributed by atoms with E-state index in [-0.39, 0.29) is 23.2 Å². The smallest absolute Gasteiger partial charge is 0.242 e. The summed E-state index contributed by atoms with van der Waals surface area (Å²) in [5.41, 5.74) is 5.44. The molecule has 0 radical (unpaired) electrons. The van der Waals surface area contributed by atoms with Crippen molar-refractivity contribution in [3.8, 4) is 0 Å². The molecule has 0 saturated heterocycles. The lowest BCUT2D eigenvalue weighted by Crippen LogP contribution is -2.36. The van der Waals surface area contributed by atoms with Crippen LogP contribution in [-0.4, -0.2) is 37.4 Å². The minimum atomic E-state index is -3.59. The maximum absolute atomic E-state index is 12.3. The lowest BCUT2D eigenvalue weighted by atomic mass is 10.2. The number of halogens is 1. The average molecular weight is 350 g/mol. The van der Waals surface area contributed by atoms with Gasteiger partial charge in [0.2, 0.25) is 10.0 Å². The topological polar surface area (TPSA) is 96.0 Å². The van der Waals surface area contributed by atoms with Crippen molar-refractivity contribution in [1.29, 1.82) is 0 Å². The summed E-state index contributed by atoms with van der Waals surface area (Å²) in [6.45, 7) is 1.81. The highest BCUT2D eigenvalue weighted by Gasteiger charge is 2.23. The molecule has 8 heteroatoms. The number of nitrogens with zero attached hydrogens (tertiary/aromatic N) is 2. The molecule has 1 unspecified atom stereocenters. The fourth-order valence-electron chi connectivity index (χ4n) is 1.48. The third-order valence-electron chi connectivity index (χ3n) is 2.66. The minimum Gasteiger partial charge on any atom is -0.409 e. The van der Waals surface area contributed by atoms with Crippen molar-refractivity contribution in [2.24, 2.45) is 16.8 Å². The first-order valence-electron chi connectivity index (χ1n) is 5.48. The van der Waals surface area contributed by atoms with Crippen LogP contribution in [0.4, 0.5) is 0 Å². The van der Waals surface area contributed by atoms with E-state index in [1.54, 1.807) is 19.1 Å². The number of oxime groups is 1. The molecule has 0 aliphatic heterocycles. The highest BCUT2D eigenvalue weighted by atomic mass is 79.9. The number of hydrogen-bond donors (Lipinski definition) is 2. The molecule has 1 aromatic carbocycles. The summed E-state index contributed by atoms with van der Waals surface area (Å²) in [6, 6.07) is 6.45. The van der Waals surface area contributed by atoms with Gasteiger partial charge < -0.3 is 10.9 Å². The van der Waals surface area contributed by atoms with Crippen LogP contribution < -0.4 is 5.73 Å². The first kappa shape index (κ1) is 15.9. The molecular weight excluding hydrogens is 334 g/mol. The average Bonchev–Trinajstić information content (AvgIpc) is 2.37. The predicted molar refractivity (Wildman–Crippen MR) is 76.5 cm³/mol. The maximum atomic E-state index is 12.3. The van der Waals surface area contributed by atoms with Crippen LogP contribution >= 0.6 is 15.9 Å². The molecule has 6 nitrogen and oxygen atoms in total. The summed E-state index contributed by atoms with van der Waals surface area (Å²) in [7, 11) is -2.13. The Balaban J connectivity index is 2.95. The SMILES string of the molecule is CC(CN(C)S(=O)(=O)c1cccc(Br)c1)/C(N)=N/O. The molecular formula is C11H16BrN3O3S. The molecule has 3 N–H and O–H groups in total. The Kier molecular flexibility index (Phi) is 5.33. The zero-order valence-electron chi connectivity index (χ0n) is 10.6. The van der Waals surface area contributed by atoms with Gasteiger partial charge in [-0.3, -0.25) is 0 Å². The second-order valence-corrected chi connectivity index (χ2v) is 7.13. The zero-order chi connectivity index (χ0) is 14.6. The van der Waals surface area contributed by atoms with E-state index in [2.05, 4.69) is 21.1 Å². The van der Waals surface area contributed by atoms with Crippen LogP contribution in [0, 0.1) is 5.92 Å². The number of hydrogen-bond acceptors (Lipinski definition) is 4. The van der Waals surface area contributed by atoms with E-state index in [1.807, 2.05) is 0 Å². The van der Waals surface area contributed by atoms with Crippen LogP contribution in [0.25, 0.3) is 0 Å². The van der Waals surface area contributed by atoms with Crippen molar-refractivity contribution in [3.63, 3.8) is 0 Å². The Morgan fingerprint density at radius 1 is 1.58 bits per heavy atom. The minimum absolute atomic E-state index is 0.00343. The van der Waals surface area contributed by atoms with Gasteiger partial charge in [-0.15, -0.1) is 0 Å². The second kappa shape index (κ2) is 6.36. The third kappa shape index (κ3) is 3.92. The summed E-state index contributed by atoms with van der Waals surface area (Å²) in [5.74, 6) is -0.381. The molecule has 0 aliphatic carbocycles. The summed E-state index contributed by atoms with van der Waals surface area (Å²) in [6.07, 6.45) is 0. The largest absolute Gasteiger partial charge is 0.409 e. The van der Waals surface area contributed by atoms with Crippen LogP contribution in [0.1, 0.15) is 6.92 Å². The highest BCUT2D eigenvalue weighted by Crippen LogP contribution is 2.19. The third-order valence-corrected chi connectivity index (χ3v) is 4.97. The van der Waals surface area contributed by atoms with Gasteiger partial charge in [-0.05, 0) is 18.2 Å². The van der Waals surface area contributed by atoms with Crippen LogP contribution in [0.3, 0.4) is 0 Å². The van der Waals surface area contributed by atoms with Gasteiger partial charge in [-0.25, -0.2) is 12.7 Å². The van der Waals surface area contributed by atoms with E-state index in [1.165, 1.54) is 23.5 Å². The van der Waals surface area contributed by atoms with Gasteiger partial charge >= 0.3 is 0 Å². The summed E-state index contributed by atoms with van der Waals surface area (Å²) >= 11 is 3.23. The number of benzene rings is 1. The molecule has 0 aliphatic rings. The fraction of sp³-hybridized carbons (Fsp3) is 0.364. The van der Waals surface area contributed by atoms with Gasteiger partial charge in [-0.1, -0.05) is 34.1 Å². The van der Waals surface area contributed by atoms with Crippen molar-refractivity contribution >= 4 is 31.8 Å². The number of amidine groups is 1. The van der Waals surface area contributed by atoms with Gasteiger partial charge in [0.15, 0.2) is 0 Å². The molecule has 106 valence electrons. The van der Waals surface area contributed by atoms with E-state index in [9.17, 15) is 8.42 Å². The molecule has 19 heavy (non-hydrogen) atoms. The van der Waals surface area contributed by atoms with E-state index in [0.29, 0.717) is 4.47 Å². The Morgan fingerprint density at radius 3 is 2.74 bits per heavy atom. The molecule has 0 aromatic heterocycles. The van der Waals surface area contributed by atoms with E-state index in [4.69, 9.17) is 10.9 Å². The number of sulfonamides is 1. The summed E-state index contributed by atoms with van der Waals surface area (Å²) < 4.78 is 26.4. The Morgan fingerprint density at radius 2 is 2.21 bits per heavy atom. The number of rotatable bonds is 5. The first-order valence-corrected chi connectivity index (χ1v) is 7.71. The van der Waals surface area contributed by atoms with E-state index < -0.39 is 10.0 Å². The lowest BCUT2D eigenvalue weighted by molar-refractivity contribution is 0.312. The highest BCUT2D eigenvalue weighted by molar-refractivity contribution is 9.10. The zero-order valence-corrected chi connectivity index (χ0v) is 13.0. The maximum Gasteiger partial charge on any atom is 0.242 e. The van der Waals surface area contributed by atoms with Gasteiger partial charge in [0, 0.05) is 24.0 Å². The Hall–Kier alpha value is -1.12. The molecule has 1 atom stereocenters. The Labute approximate surface area is 121 Å². The van der Waals surface area contributed by atoms with Gasteiger partial charge in [-0.2, -0.15) is 0 Å². The Bertz CT molecular complexity index is 574. The summed E-state index contributed by atoms with van der Waals surface area (Å²) in [4.78, 5) is 0.191. The van der Waals surface area contributed by atoms with E-state index in [0.717, 1.165) is 0 Å². The van der Waals surface area contributed by atoms with Crippen LogP contribution in [0.15, 0.2) is 38.8 Å². The second-order valence-electron chi connectivity index (χ2n) is 4.17. The first-order chi connectivity index (χ1) is 8.78. The van der Waals surface area contributed by atoms with Crippen molar-refractivity contribution in [3.05, 3.63) is 28.7 Å². The quantitative estimate of drug-likeness (QED) is 0.364. The normalized spacial score (nSPS) is 14.6. The number of nitrogens with two attached hydrogens (primary N) is 1. The standard InChI is InChI=1S/C11H16BrN3O3S/c1-8(11(13)14-16)7-15(2)19(17,18)10-5-3-4-9(12)6-10/h3-6,8,16H,7H2,1-2H3,(H2,13,14). The van der Waals surface area contributed by atoms with Gasteiger partial charge in [0.05, 0.1) is 4.90 Å². The predicted octanol–water partition coefficient (Wildman–Crippen LogP) is 1.45. The molecule has 1 rings (SSSR count).